The van der Waals surface area contributed by atoms with Gasteiger partial charge in [-0.25, -0.2) is 21.6 Å². The lowest BCUT2D eigenvalue weighted by atomic mass is 9.66. The number of hydrogen-bond donors (Lipinski definition) is 4. The number of nitrogens with two attached hydrogens (primary N) is 1. The number of carbonyl (C=O) groups excluding carboxylic acids is 7. The molecular weight excluding hydrogens is 1280 g/mol. The fourth-order valence-corrected chi connectivity index (χ4v) is 22.6. The largest absolute Gasteiger partial charge is 0.480 e. The molecule has 0 spiro atoms. The first-order chi connectivity index (χ1) is 44.2. The molecule has 0 aromatic heterocycles. The van der Waals surface area contributed by atoms with Gasteiger partial charge in [-0.15, -0.1) is 12.4 Å². The predicted octanol–water partition coefficient (Wildman–Crippen LogP) is 11.5. The third kappa shape index (κ3) is 18.2. The minimum Gasteiger partial charge on any atom is -0.480 e. The highest BCUT2D eigenvalue weighted by Crippen LogP contribution is 2.67. The van der Waals surface area contributed by atoms with Gasteiger partial charge in [0.15, 0.2) is 37.0 Å². The molecule has 0 bridgehead atoms. The van der Waals surface area contributed by atoms with Gasteiger partial charge in [0.1, 0.15) is 29.8 Å². The van der Waals surface area contributed by atoms with Crippen molar-refractivity contribution in [2.24, 2.45) is 91.5 Å². The van der Waals surface area contributed by atoms with Crippen LogP contribution in [0.5, 0.6) is 0 Å². The Balaban J connectivity index is 0.000000231. The molecule has 548 valence electrons. The van der Waals surface area contributed by atoms with E-state index in [0.29, 0.717) is 57.0 Å². The molecule has 21 heteroatoms. The second kappa shape index (κ2) is 31.2. The average Bonchev–Trinajstić information content (AvgIpc) is 1.52. The number of carboxylic acids is 1. The van der Waals surface area contributed by atoms with Gasteiger partial charge in [-0.1, -0.05) is 147 Å². The Morgan fingerprint density at radius 3 is 1.26 bits per heavy atom. The van der Waals surface area contributed by atoms with E-state index in [1.54, 1.807) is 4.90 Å². The molecule has 6 aliphatic carbocycles. The first-order valence-corrected chi connectivity index (χ1v) is 40.6. The molecule has 10 rings (SSSR count). The van der Waals surface area contributed by atoms with Crippen LogP contribution in [0, 0.1) is 85.8 Å². The fourth-order valence-electron chi connectivity index (χ4n) is 18.7. The Morgan fingerprint density at radius 2 is 0.917 bits per heavy atom. The molecule has 4 heterocycles. The van der Waals surface area contributed by atoms with Crippen LogP contribution in [0.1, 0.15) is 269 Å². The van der Waals surface area contributed by atoms with Crippen LogP contribution >= 0.6 is 12.4 Å². The summed E-state index contributed by atoms with van der Waals surface area (Å²) < 4.78 is 50.6. The number of amides is 2. The number of hydrogen-bond acceptors (Lipinski definition) is 15. The van der Waals surface area contributed by atoms with Gasteiger partial charge in [-0.05, 0) is 145 Å². The van der Waals surface area contributed by atoms with E-state index in [1.165, 1.54) is 4.90 Å². The van der Waals surface area contributed by atoms with E-state index >= 15 is 0 Å². The summed E-state index contributed by atoms with van der Waals surface area (Å²) in [7, 11) is -6.31. The van der Waals surface area contributed by atoms with Gasteiger partial charge in [0.2, 0.25) is 11.8 Å². The Bertz CT molecular complexity index is 3040. The van der Waals surface area contributed by atoms with Gasteiger partial charge in [-0.2, -0.15) is 0 Å². The average molecular weight is 1410 g/mol. The number of aliphatic carboxylic acids is 1. The minimum atomic E-state index is -3.18. The van der Waals surface area contributed by atoms with Crippen LogP contribution in [-0.2, 0) is 58.0 Å². The molecule has 0 aromatic rings. The number of carbonyl (C=O) groups is 8. The highest BCUT2D eigenvalue weighted by molar-refractivity contribution is 7.93. The molecule has 0 aromatic carbocycles. The highest BCUT2D eigenvalue weighted by atomic mass is 35.5. The maximum absolute atomic E-state index is 14.5. The quantitative estimate of drug-likeness (QED) is 0.0519. The van der Waals surface area contributed by atoms with E-state index in [4.69, 9.17) is 5.73 Å². The molecule has 4 saturated heterocycles. The fraction of sp³-hybridized carbons (Fsp3) is 0.893. The Hall–Kier alpha value is -3.17. The van der Waals surface area contributed by atoms with Crippen molar-refractivity contribution in [3.63, 3.8) is 0 Å². The molecule has 4 aliphatic heterocycles. The molecule has 14 atom stereocenters. The summed E-state index contributed by atoms with van der Waals surface area (Å²) in [5, 5.41) is 29.7. The molecule has 6 saturated carbocycles. The maximum Gasteiger partial charge on any atom is 0.326 e. The van der Waals surface area contributed by atoms with Crippen LogP contribution < -0.4 is 5.73 Å². The zero-order chi connectivity index (χ0) is 70.3. The van der Waals surface area contributed by atoms with Crippen molar-refractivity contribution in [3.8, 4) is 0 Å². The van der Waals surface area contributed by atoms with Crippen LogP contribution in [0.25, 0.3) is 0 Å². The smallest absolute Gasteiger partial charge is 0.326 e. The molecule has 2 amide bonds. The Morgan fingerprint density at radius 1 is 0.542 bits per heavy atom. The van der Waals surface area contributed by atoms with Crippen molar-refractivity contribution < 1.29 is 70.5 Å². The number of nitrogens with zero attached hydrogens (tertiary/aromatic N) is 2. The third-order valence-corrected chi connectivity index (χ3v) is 30.5. The molecule has 10 fully saturated rings. The summed E-state index contributed by atoms with van der Waals surface area (Å²) in [6, 6.07) is -1.82. The van der Waals surface area contributed by atoms with Gasteiger partial charge in [0.25, 0.3) is 0 Å². The van der Waals surface area contributed by atoms with E-state index in [0.717, 1.165) is 122 Å². The number of likely N-dealkylation sites (tertiary alicyclic amines) is 2. The van der Waals surface area contributed by atoms with Gasteiger partial charge >= 0.3 is 5.97 Å². The molecule has 18 nitrogen and oxygen atoms in total. The summed E-state index contributed by atoms with van der Waals surface area (Å²) >= 11 is 0. The van der Waals surface area contributed by atoms with E-state index in [2.05, 4.69) is 41.5 Å². The van der Waals surface area contributed by atoms with Crippen LogP contribution in [0.15, 0.2) is 0 Å². The lowest BCUT2D eigenvalue weighted by Gasteiger charge is -2.47. The summed E-state index contributed by atoms with van der Waals surface area (Å²) in [6.45, 7) is 25.1. The number of aliphatic hydroxyl groups is 2. The van der Waals surface area contributed by atoms with Crippen molar-refractivity contribution in [3.05, 3.63) is 0 Å². The molecule has 5 N–H and O–H groups in total. The molecule has 96 heavy (non-hydrogen) atoms. The molecular formula is C75H124ClN3O15S2. The van der Waals surface area contributed by atoms with E-state index in [-0.39, 0.29) is 137 Å². The lowest BCUT2D eigenvalue weighted by Crippen LogP contribution is -2.52. The van der Waals surface area contributed by atoms with Crippen molar-refractivity contribution in [2.75, 3.05) is 24.6 Å². The summed E-state index contributed by atoms with van der Waals surface area (Å²) in [4.78, 5) is 110. The van der Waals surface area contributed by atoms with Crippen LogP contribution in [0.3, 0.4) is 0 Å². The van der Waals surface area contributed by atoms with Crippen LogP contribution in [0.4, 0.5) is 0 Å². The van der Waals surface area contributed by atoms with Crippen molar-refractivity contribution in [2.45, 2.75) is 310 Å². The monoisotopic (exact) mass is 1410 g/mol. The first kappa shape index (κ1) is 80.1. The van der Waals surface area contributed by atoms with Gasteiger partial charge in [0.05, 0.1) is 28.0 Å². The standard InChI is InChI=1S/C38H61NO7S.C26H41NO6S.C11H21NO2.ClH/c1-7-8-12-25(34(43)30(42)19-24-13-14-24)20-29(41)33-32-28(37(32,5)6)23-39(33)35(44)27(36(2,3)4)21-26(40)22-38(16-10-9-11-17-38)31-15-18-47(31,45)46;1-24(2,3)17(22(29)27-15-18-20(25(18,4)5)21(27)23(30)31)13-16(28)14-26(10-7-6-8-11-26)19-9-12-34(19,32)33;1-2-3-4-9(12)11(14)10(13)7-8-5-6-8;/h24-25,27-28,31-34,43H,7-23H2,1-6H3;17-21H,6-15H2,1-5H3,(H,30,31);8-9,11,14H,2-7,12H2,1H3;1H/t25-,27-,28+,31+,32+,33-,34?;17-,18+,19+,20+,21+;9-,11?;/m110./s1. The zero-order valence-corrected chi connectivity index (χ0v) is 63.0. The Kier molecular flexibility index (Phi) is 26.0. The predicted molar refractivity (Wildman–Crippen MR) is 374 cm³/mol. The van der Waals surface area contributed by atoms with Gasteiger partial charge < -0.3 is 30.9 Å². The van der Waals surface area contributed by atoms with Crippen LogP contribution in [-0.4, -0.2) is 154 Å². The number of fused-ring (bicyclic) bond motifs is 2. The second-order valence-corrected chi connectivity index (χ2v) is 40.0. The molecule has 0 radical (unpaired) electrons. The molecule has 2 unspecified atom stereocenters. The maximum atomic E-state index is 14.5. The summed E-state index contributed by atoms with van der Waals surface area (Å²) in [6.07, 6.45) is 18.9. The number of unbranched alkanes of at least 4 members (excludes halogenated alkanes) is 2. The number of ketones is 5. The summed E-state index contributed by atoms with van der Waals surface area (Å²) in [5.41, 5.74) is 3.50. The van der Waals surface area contributed by atoms with E-state index < -0.39 is 99.8 Å². The first-order valence-electron chi connectivity index (χ1n) is 37.2. The topological polar surface area (TPSA) is 298 Å². The molecule has 10 aliphatic rings. The van der Waals surface area contributed by atoms with E-state index in [9.17, 15) is 70.5 Å². The number of Topliss-reactive ketones (excluding diaryl/α,β-unsaturated/α-hetero) is 5. The number of piperidine rings is 2. The zero-order valence-electron chi connectivity index (χ0n) is 60.5. The van der Waals surface area contributed by atoms with Crippen molar-refractivity contribution in [1.29, 1.82) is 0 Å². The number of carboxylic acid groups (broad SMARTS) is 1. The second-order valence-electron chi connectivity index (χ2n) is 35.4. The highest BCUT2D eigenvalue weighted by Gasteiger charge is 2.71. The van der Waals surface area contributed by atoms with Gasteiger partial charge in [-0.3, -0.25) is 33.6 Å². The lowest BCUT2D eigenvalue weighted by molar-refractivity contribution is -0.154. The minimum absolute atomic E-state index is 0. The number of aliphatic hydroxyl groups excluding tert-OH is 2. The van der Waals surface area contributed by atoms with Gasteiger partial charge in [0, 0.05) is 81.8 Å². The number of halogens is 1. The van der Waals surface area contributed by atoms with E-state index in [1.807, 2.05) is 41.5 Å². The number of rotatable bonds is 30. The Labute approximate surface area is 582 Å². The summed E-state index contributed by atoms with van der Waals surface area (Å²) in [5.74, 6) is -1.85. The van der Waals surface area contributed by atoms with Crippen molar-refractivity contribution in [1.82, 2.24) is 9.80 Å². The van der Waals surface area contributed by atoms with Crippen molar-refractivity contribution >= 4 is 78.8 Å². The van der Waals surface area contributed by atoms with Crippen LogP contribution in [0.2, 0.25) is 0 Å². The third-order valence-electron chi connectivity index (χ3n) is 25.6. The SMILES string of the molecule is CC(C)(C)[C@H](CC(=O)CC1([C@@H]2CCS2(=O)=O)CCCCC1)C(=O)N1C[C@H]2[C@@H]([C@H]1C(=O)O)C2(C)C.CCCC[C@H](CC(=O)[C@@H]1[C@@H]2[C@H](CN1C(=O)[C@@H](CC(=O)CC1([C@@H]3CCS3(=O)=O)CCCCC1)C(C)(C)C)C2(C)C)C(O)C(=O)CC1CC1.CCCC[C@H](N)C(O)C(=O)CC1CC1.Cl. The number of sulfone groups is 2. The normalized spacial score (nSPS) is 30.1.